The summed E-state index contributed by atoms with van der Waals surface area (Å²) in [6.07, 6.45) is 3.28. The second-order valence-corrected chi connectivity index (χ2v) is 4.74. The molecule has 0 unspecified atom stereocenters. The maximum atomic E-state index is 12.4. The summed E-state index contributed by atoms with van der Waals surface area (Å²) < 4.78 is 6.69. The van der Waals surface area contributed by atoms with Crippen molar-refractivity contribution >= 4 is 17.6 Å². The number of ether oxygens (including phenoxy) is 1. The van der Waals surface area contributed by atoms with Crippen molar-refractivity contribution in [3.8, 4) is 0 Å². The fraction of sp³-hybridized carbons (Fsp3) is 0.615. The minimum Gasteiger partial charge on any atom is -0.372 e. The van der Waals surface area contributed by atoms with Gasteiger partial charge in [0.15, 0.2) is 5.82 Å². The van der Waals surface area contributed by atoms with Crippen molar-refractivity contribution < 1.29 is 14.3 Å². The van der Waals surface area contributed by atoms with Crippen molar-refractivity contribution in [1.82, 2.24) is 15.1 Å². The van der Waals surface area contributed by atoms with Crippen LogP contribution in [0.4, 0.5) is 5.82 Å². The number of nitrogens with zero attached hydrogens (tertiary/aromatic N) is 3. The maximum absolute atomic E-state index is 12.4. The van der Waals surface area contributed by atoms with E-state index in [9.17, 15) is 9.59 Å². The van der Waals surface area contributed by atoms with Gasteiger partial charge in [0.05, 0.1) is 0 Å². The lowest BCUT2D eigenvalue weighted by Gasteiger charge is -2.31. The van der Waals surface area contributed by atoms with Gasteiger partial charge in [0.1, 0.15) is 12.6 Å². The summed E-state index contributed by atoms with van der Waals surface area (Å²) in [6.45, 7) is 2.92. The molecule has 0 radical (unpaired) electrons. The largest absolute Gasteiger partial charge is 0.372 e. The number of aromatic nitrogens is 2. The Morgan fingerprint density at radius 2 is 2.40 bits per heavy atom. The molecule has 20 heavy (non-hydrogen) atoms. The van der Waals surface area contributed by atoms with Crippen LogP contribution in [0, 0.1) is 0 Å². The molecule has 2 heterocycles. The summed E-state index contributed by atoms with van der Waals surface area (Å²) in [5, 5.41) is 6.95. The summed E-state index contributed by atoms with van der Waals surface area (Å²) in [7, 11) is 1.80. The molecule has 1 fully saturated rings. The van der Waals surface area contributed by atoms with Crippen LogP contribution in [0.5, 0.6) is 0 Å². The van der Waals surface area contributed by atoms with E-state index in [1.165, 1.54) is 0 Å². The first-order valence-electron chi connectivity index (χ1n) is 6.80. The number of piperidine rings is 1. The highest BCUT2D eigenvalue weighted by Gasteiger charge is 2.31. The number of carbonyl (C=O) groups excluding carboxylic acids is 2. The summed E-state index contributed by atoms with van der Waals surface area (Å²) in [4.78, 5) is 25.6. The van der Waals surface area contributed by atoms with Crippen molar-refractivity contribution in [2.45, 2.75) is 25.8 Å². The molecule has 1 aromatic heterocycles. The van der Waals surface area contributed by atoms with Gasteiger partial charge < -0.3 is 10.1 Å². The molecule has 1 atom stereocenters. The van der Waals surface area contributed by atoms with Crippen LogP contribution in [0.15, 0.2) is 12.3 Å². The van der Waals surface area contributed by atoms with Crippen LogP contribution in [-0.2, 0) is 21.4 Å². The highest BCUT2D eigenvalue weighted by atomic mass is 16.5. The van der Waals surface area contributed by atoms with E-state index in [0.717, 1.165) is 6.42 Å². The standard InChI is InChI=1S/C13H20N4O3/c1-3-20-9-12(18)14-10-5-4-7-17(13(10)19)11-6-8-16(2)15-11/h6,8,10H,3-5,7,9H2,1-2H3,(H,14,18)/t10-/m0/s1. The molecule has 1 saturated heterocycles. The average molecular weight is 280 g/mol. The number of amides is 2. The average Bonchev–Trinajstić information content (AvgIpc) is 2.85. The van der Waals surface area contributed by atoms with Crippen molar-refractivity contribution in [2.75, 3.05) is 24.7 Å². The molecular weight excluding hydrogens is 260 g/mol. The Morgan fingerprint density at radius 1 is 1.60 bits per heavy atom. The highest BCUT2D eigenvalue weighted by molar-refractivity contribution is 5.99. The van der Waals surface area contributed by atoms with E-state index in [0.29, 0.717) is 25.4 Å². The third kappa shape index (κ3) is 3.36. The molecule has 0 bridgehead atoms. The molecule has 1 aliphatic heterocycles. The predicted molar refractivity (Wildman–Crippen MR) is 73.2 cm³/mol. The monoisotopic (exact) mass is 280 g/mol. The first-order valence-corrected chi connectivity index (χ1v) is 6.80. The van der Waals surface area contributed by atoms with Crippen molar-refractivity contribution in [3.63, 3.8) is 0 Å². The van der Waals surface area contributed by atoms with E-state index < -0.39 is 6.04 Å². The Kier molecular flexibility index (Phi) is 4.73. The SMILES string of the molecule is CCOCC(=O)N[C@H]1CCCN(c2ccn(C)n2)C1=O. The fourth-order valence-electron chi connectivity index (χ4n) is 2.21. The first-order chi connectivity index (χ1) is 9.61. The van der Waals surface area contributed by atoms with E-state index in [1.54, 1.807) is 28.9 Å². The van der Waals surface area contributed by atoms with Crippen LogP contribution < -0.4 is 10.2 Å². The van der Waals surface area contributed by atoms with E-state index in [-0.39, 0.29) is 18.4 Å². The zero-order valence-electron chi connectivity index (χ0n) is 11.8. The zero-order chi connectivity index (χ0) is 14.5. The van der Waals surface area contributed by atoms with Crippen LogP contribution in [0.25, 0.3) is 0 Å². The molecule has 2 rings (SSSR count). The Morgan fingerprint density at radius 3 is 3.05 bits per heavy atom. The molecule has 0 aliphatic carbocycles. The third-order valence-electron chi connectivity index (χ3n) is 3.19. The van der Waals surface area contributed by atoms with Gasteiger partial charge in [-0.25, -0.2) is 0 Å². The number of anilines is 1. The normalized spacial score (nSPS) is 19.2. The van der Waals surface area contributed by atoms with Crippen LogP contribution in [0.2, 0.25) is 0 Å². The Bertz CT molecular complexity index is 486. The fourth-order valence-corrected chi connectivity index (χ4v) is 2.21. The van der Waals surface area contributed by atoms with Gasteiger partial charge in [0.25, 0.3) is 5.91 Å². The number of nitrogens with one attached hydrogen (secondary N) is 1. The lowest BCUT2D eigenvalue weighted by molar-refractivity contribution is -0.131. The second-order valence-electron chi connectivity index (χ2n) is 4.74. The predicted octanol–water partition coefficient (Wildman–Crippen LogP) is 0.0682. The molecule has 0 saturated carbocycles. The summed E-state index contributed by atoms with van der Waals surface area (Å²) >= 11 is 0. The molecule has 2 amide bonds. The van der Waals surface area contributed by atoms with E-state index in [2.05, 4.69) is 10.4 Å². The molecule has 1 N–H and O–H groups in total. The van der Waals surface area contributed by atoms with Gasteiger partial charge in [-0.3, -0.25) is 19.2 Å². The molecule has 0 aromatic carbocycles. The van der Waals surface area contributed by atoms with Crippen molar-refractivity contribution in [1.29, 1.82) is 0 Å². The molecule has 110 valence electrons. The van der Waals surface area contributed by atoms with Gasteiger partial charge in [-0.15, -0.1) is 0 Å². The quantitative estimate of drug-likeness (QED) is 0.828. The van der Waals surface area contributed by atoms with Crippen molar-refractivity contribution in [3.05, 3.63) is 12.3 Å². The van der Waals surface area contributed by atoms with Crippen LogP contribution in [0.1, 0.15) is 19.8 Å². The molecule has 0 spiro atoms. The molecular formula is C13H20N4O3. The van der Waals surface area contributed by atoms with Gasteiger partial charge in [0.2, 0.25) is 5.91 Å². The Balaban J connectivity index is 1.98. The van der Waals surface area contributed by atoms with E-state index >= 15 is 0 Å². The second kappa shape index (κ2) is 6.51. The number of rotatable bonds is 5. The summed E-state index contributed by atoms with van der Waals surface area (Å²) in [6, 6.07) is 1.31. The number of hydrogen-bond acceptors (Lipinski definition) is 4. The minimum atomic E-state index is -0.487. The minimum absolute atomic E-state index is 0.0101. The molecule has 7 nitrogen and oxygen atoms in total. The molecule has 1 aromatic rings. The van der Waals surface area contributed by atoms with Crippen LogP contribution in [0.3, 0.4) is 0 Å². The van der Waals surface area contributed by atoms with Crippen LogP contribution >= 0.6 is 0 Å². The topological polar surface area (TPSA) is 76.5 Å². The molecule has 7 heteroatoms. The maximum Gasteiger partial charge on any atom is 0.250 e. The molecule has 1 aliphatic rings. The number of aryl methyl sites for hydroxylation is 1. The number of carbonyl (C=O) groups is 2. The van der Waals surface area contributed by atoms with Gasteiger partial charge in [-0.2, -0.15) is 5.10 Å². The lowest BCUT2D eigenvalue weighted by Crippen LogP contribution is -2.53. The number of hydrogen-bond donors (Lipinski definition) is 1. The zero-order valence-corrected chi connectivity index (χ0v) is 11.8. The van der Waals surface area contributed by atoms with Gasteiger partial charge in [-0.05, 0) is 19.8 Å². The lowest BCUT2D eigenvalue weighted by atomic mass is 10.0. The summed E-state index contributed by atoms with van der Waals surface area (Å²) in [5.74, 6) is 0.258. The van der Waals surface area contributed by atoms with Gasteiger partial charge in [0, 0.05) is 32.5 Å². The van der Waals surface area contributed by atoms with E-state index in [1.807, 2.05) is 6.92 Å². The Labute approximate surface area is 117 Å². The smallest absolute Gasteiger partial charge is 0.250 e. The highest BCUT2D eigenvalue weighted by Crippen LogP contribution is 2.18. The van der Waals surface area contributed by atoms with Gasteiger partial charge in [-0.1, -0.05) is 0 Å². The van der Waals surface area contributed by atoms with E-state index in [4.69, 9.17) is 4.74 Å². The van der Waals surface area contributed by atoms with Crippen molar-refractivity contribution in [2.24, 2.45) is 7.05 Å². The van der Waals surface area contributed by atoms with Gasteiger partial charge >= 0.3 is 0 Å². The Hall–Kier alpha value is -1.89. The third-order valence-corrected chi connectivity index (χ3v) is 3.19. The van der Waals surface area contributed by atoms with Crippen LogP contribution in [-0.4, -0.2) is 47.4 Å². The summed E-state index contributed by atoms with van der Waals surface area (Å²) in [5.41, 5.74) is 0. The first kappa shape index (κ1) is 14.5.